The zero-order valence-corrected chi connectivity index (χ0v) is 13.3. The molecular formula is C19H23N3O. The third-order valence-corrected chi connectivity index (χ3v) is 4.00. The van der Waals surface area contributed by atoms with Crippen molar-refractivity contribution in [1.82, 2.24) is 0 Å². The van der Waals surface area contributed by atoms with E-state index < -0.39 is 0 Å². The standard InChI is InChI=1S/C19H23N3O/c20-19(21-11-12-23-14-15-5-2-1-3-6-15)22-18-10-9-16-7-4-8-17(16)13-18/h1-3,5-6,9-10,13H,4,7-8,11-12,14H2,(H3,20,21,22). The molecule has 0 aromatic heterocycles. The first-order valence-electron chi connectivity index (χ1n) is 8.12. The van der Waals surface area contributed by atoms with E-state index in [2.05, 4.69) is 28.5 Å². The average Bonchev–Trinajstić information content (AvgIpc) is 3.03. The zero-order valence-electron chi connectivity index (χ0n) is 13.3. The van der Waals surface area contributed by atoms with Gasteiger partial charge in [0.2, 0.25) is 0 Å². The van der Waals surface area contributed by atoms with E-state index in [9.17, 15) is 0 Å². The van der Waals surface area contributed by atoms with E-state index in [1.54, 1.807) is 0 Å². The number of nitrogens with zero attached hydrogens (tertiary/aromatic N) is 1. The highest BCUT2D eigenvalue weighted by molar-refractivity contribution is 5.92. The molecule has 2 aromatic rings. The number of anilines is 1. The Morgan fingerprint density at radius 1 is 1.09 bits per heavy atom. The molecule has 3 N–H and O–H groups in total. The Balaban J connectivity index is 1.41. The summed E-state index contributed by atoms with van der Waals surface area (Å²) in [5.41, 5.74) is 11.0. The molecule has 0 heterocycles. The van der Waals surface area contributed by atoms with E-state index in [4.69, 9.17) is 10.5 Å². The van der Waals surface area contributed by atoms with Crippen molar-refractivity contribution in [3.63, 3.8) is 0 Å². The van der Waals surface area contributed by atoms with Crippen LogP contribution >= 0.6 is 0 Å². The molecule has 0 amide bonds. The number of nitrogens with two attached hydrogens (primary N) is 1. The van der Waals surface area contributed by atoms with Crippen LogP contribution in [0.2, 0.25) is 0 Å². The van der Waals surface area contributed by atoms with Crippen LogP contribution in [0.25, 0.3) is 0 Å². The van der Waals surface area contributed by atoms with E-state index in [0.29, 0.717) is 25.7 Å². The van der Waals surface area contributed by atoms with Gasteiger partial charge in [-0.1, -0.05) is 36.4 Å². The Morgan fingerprint density at radius 2 is 1.91 bits per heavy atom. The Labute approximate surface area is 137 Å². The summed E-state index contributed by atoms with van der Waals surface area (Å²) in [6.45, 7) is 1.71. The molecule has 0 radical (unpaired) electrons. The highest BCUT2D eigenvalue weighted by Crippen LogP contribution is 2.24. The molecule has 1 aliphatic rings. The number of guanidine groups is 1. The molecule has 0 bridgehead atoms. The minimum Gasteiger partial charge on any atom is -0.375 e. The fraction of sp³-hybridized carbons (Fsp3) is 0.316. The van der Waals surface area contributed by atoms with Crippen molar-refractivity contribution >= 4 is 11.6 Å². The first-order valence-corrected chi connectivity index (χ1v) is 8.12. The number of aliphatic imine (C=N–C) groups is 1. The smallest absolute Gasteiger partial charge is 0.193 e. The lowest BCUT2D eigenvalue weighted by Crippen LogP contribution is -2.23. The van der Waals surface area contributed by atoms with Gasteiger partial charge in [-0.15, -0.1) is 0 Å². The molecule has 0 saturated carbocycles. The summed E-state index contributed by atoms with van der Waals surface area (Å²) < 4.78 is 5.59. The second kappa shape index (κ2) is 7.79. The first-order chi connectivity index (χ1) is 11.3. The molecule has 0 aliphatic heterocycles. The molecule has 1 aliphatic carbocycles. The Kier molecular flexibility index (Phi) is 5.27. The highest BCUT2D eigenvalue weighted by atomic mass is 16.5. The molecule has 120 valence electrons. The monoisotopic (exact) mass is 309 g/mol. The zero-order chi connectivity index (χ0) is 15.9. The highest BCUT2D eigenvalue weighted by Gasteiger charge is 2.10. The predicted octanol–water partition coefficient (Wildman–Crippen LogP) is 3.12. The number of aryl methyl sites for hydroxylation is 2. The SMILES string of the molecule is NC(=NCCOCc1ccccc1)Nc1ccc2c(c1)CCC2. The first kappa shape index (κ1) is 15.6. The summed E-state index contributed by atoms with van der Waals surface area (Å²) in [7, 11) is 0. The maximum absolute atomic E-state index is 5.93. The van der Waals surface area contributed by atoms with Crippen LogP contribution in [0.3, 0.4) is 0 Å². The molecule has 0 fully saturated rings. The third kappa shape index (κ3) is 4.57. The van der Waals surface area contributed by atoms with Gasteiger partial charge in [0.25, 0.3) is 0 Å². The molecule has 0 atom stereocenters. The van der Waals surface area contributed by atoms with Crippen molar-refractivity contribution < 1.29 is 4.74 Å². The van der Waals surface area contributed by atoms with Crippen molar-refractivity contribution in [3.05, 3.63) is 65.2 Å². The van der Waals surface area contributed by atoms with Gasteiger partial charge < -0.3 is 15.8 Å². The minimum absolute atomic E-state index is 0.436. The van der Waals surface area contributed by atoms with E-state index in [-0.39, 0.29) is 0 Å². The molecule has 23 heavy (non-hydrogen) atoms. The average molecular weight is 309 g/mol. The lowest BCUT2D eigenvalue weighted by atomic mass is 10.1. The van der Waals surface area contributed by atoms with Gasteiger partial charge in [-0.25, -0.2) is 0 Å². The van der Waals surface area contributed by atoms with Gasteiger partial charge in [-0.2, -0.15) is 0 Å². The Bertz CT molecular complexity index is 668. The van der Waals surface area contributed by atoms with Crippen LogP contribution in [0.5, 0.6) is 0 Å². The van der Waals surface area contributed by atoms with Crippen molar-refractivity contribution in [2.45, 2.75) is 25.9 Å². The lowest BCUT2D eigenvalue weighted by Gasteiger charge is -2.08. The fourth-order valence-corrected chi connectivity index (χ4v) is 2.83. The van der Waals surface area contributed by atoms with E-state index >= 15 is 0 Å². The van der Waals surface area contributed by atoms with Gasteiger partial charge >= 0.3 is 0 Å². The van der Waals surface area contributed by atoms with E-state index in [1.807, 2.05) is 30.3 Å². The molecule has 4 heteroatoms. The number of rotatable bonds is 6. The maximum atomic E-state index is 5.93. The van der Waals surface area contributed by atoms with Gasteiger partial charge in [-0.05, 0) is 48.1 Å². The van der Waals surface area contributed by atoms with Gasteiger partial charge in [-0.3, -0.25) is 4.99 Å². The largest absolute Gasteiger partial charge is 0.375 e. The fourth-order valence-electron chi connectivity index (χ4n) is 2.83. The molecule has 3 rings (SSSR count). The molecule has 0 saturated heterocycles. The lowest BCUT2D eigenvalue weighted by molar-refractivity contribution is 0.128. The number of ether oxygens (including phenoxy) is 1. The van der Waals surface area contributed by atoms with E-state index in [0.717, 1.165) is 12.1 Å². The normalized spacial score (nSPS) is 13.8. The van der Waals surface area contributed by atoms with Gasteiger partial charge in [0.05, 0.1) is 19.8 Å². The van der Waals surface area contributed by atoms with Crippen LogP contribution in [-0.4, -0.2) is 19.1 Å². The third-order valence-electron chi connectivity index (χ3n) is 4.00. The van der Waals surface area contributed by atoms with Crippen LogP contribution in [-0.2, 0) is 24.2 Å². The number of fused-ring (bicyclic) bond motifs is 1. The molecule has 2 aromatic carbocycles. The molecular weight excluding hydrogens is 286 g/mol. The summed E-state index contributed by atoms with van der Waals surface area (Å²) in [5.74, 6) is 0.436. The minimum atomic E-state index is 0.436. The Morgan fingerprint density at radius 3 is 2.78 bits per heavy atom. The van der Waals surface area contributed by atoms with E-state index in [1.165, 1.54) is 29.5 Å². The van der Waals surface area contributed by atoms with Gasteiger partial charge in [0, 0.05) is 5.69 Å². The van der Waals surface area contributed by atoms with Crippen molar-refractivity contribution in [2.75, 3.05) is 18.5 Å². The van der Waals surface area contributed by atoms with Gasteiger partial charge in [0.1, 0.15) is 0 Å². The molecule has 0 spiro atoms. The van der Waals surface area contributed by atoms with Crippen LogP contribution in [0.15, 0.2) is 53.5 Å². The summed E-state index contributed by atoms with van der Waals surface area (Å²) >= 11 is 0. The van der Waals surface area contributed by atoms with Crippen molar-refractivity contribution in [3.8, 4) is 0 Å². The number of hydrogen-bond acceptors (Lipinski definition) is 2. The molecule has 4 nitrogen and oxygen atoms in total. The Hall–Kier alpha value is -2.33. The van der Waals surface area contributed by atoms with Crippen molar-refractivity contribution in [1.29, 1.82) is 0 Å². The van der Waals surface area contributed by atoms with Crippen LogP contribution in [0.4, 0.5) is 5.69 Å². The second-order valence-electron chi connectivity index (χ2n) is 5.77. The van der Waals surface area contributed by atoms with Gasteiger partial charge in [0.15, 0.2) is 5.96 Å². The molecule has 0 unspecified atom stereocenters. The second-order valence-corrected chi connectivity index (χ2v) is 5.77. The summed E-state index contributed by atoms with van der Waals surface area (Å²) in [6, 6.07) is 16.5. The number of nitrogens with one attached hydrogen (secondary N) is 1. The predicted molar refractivity (Wildman–Crippen MR) is 94.7 cm³/mol. The van der Waals surface area contributed by atoms with Crippen molar-refractivity contribution in [2.24, 2.45) is 10.7 Å². The number of benzene rings is 2. The van der Waals surface area contributed by atoms with Crippen LogP contribution in [0, 0.1) is 0 Å². The summed E-state index contributed by atoms with van der Waals surface area (Å²) in [4.78, 5) is 4.30. The maximum Gasteiger partial charge on any atom is 0.193 e. The summed E-state index contributed by atoms with van der Waals surface area (Å²) in [6.07, 6.45) is 3.61. The summed E-state index contributed by atoms with van der Waals surface area (Å²) in [5, 5.41) is 3.15. The number of hydrogen-bond donors (Lipinski definition) is 2. The topological polar surface area (TPSA) is 59.6 Å². The quantitative estimate of drug-likeness (QED) is 0.490. The van der Waals surface area contributed by atoms with Crippen LogP contribution < -0.4 is 11.1 Å². The van der Waals surface area contributed by atoms with Crippen LogP contribution in [0.1, 0.15) is 23.1 Å².